The minimum Gasteiger partial charge on any atom is -0.381 e. The molecule has 0 radical (unpaired) electrons. The van der Waals surface area contributed by atoms with Gasteiger partial charge >= 0.3 is 0 Å². The van der Waals surface area contributed by atoms with Gasteiger partial charge in [0.15, 0.2) is 6.23 Å². The van der Waals surface area contributed by atoms with Crippen molar-refractivity contribution >= 4 is 17.2 Å². The van der Waals surface area contributed by atoms with E-state index in [1.54, 1.807) is 17.0 Å². The van der Waals surface area contributed by atoms with Crippen molar-refractivity contribution in [3.8, 4) is 0 Å². The predicted molar refractivity (Wildman–Crippen MR) is 101 cm³/mol. The van der Waals surface area contributed by atoms with Crippen LogP contribution in [0.15, 0.2) is 35.0 Å². The van der Waals surface area contributed by atoms with Gasteiger partial charge in [-0.3, -0.25) is 4.90 Å². The maximum Gasteiger partial charge on any atom is 0.153 e. The molecule has 2 heterocycles. The Bertz CT molecular complexity index is 667. The van der Waals surface area contributed by atoms with Crippen molar-refractivity contribution in [1.29, 1.82) is 0 Å². The van der Waals surface area contributed by atoms with Gasteiger partial charge < -0.3 is 15.3 Å². The topological polar surface area (TPSA) is 51.1 Å². The Morgan fingerprint density at radius 2 is 2.00 bits per heavy atom. The fraction of sp³-hybridized carbons (Fsp3) is 0.526. The minimum atomic E-state index is -0.824. The van der Waals surface area contributed by atoms with Gasteiger partial charge in [-0.15, -0.1) is 0 Å². The second-order valence-corrected chi connectivity index (χ2v) is 6.74. The number of halogens is 1. The molecular formula is C19H27FN4O. The lowest BCUT2D eigenvalue weighted by atomic mass is 10.1. The van der Waals surface area contributed by atoms with Crippen molar-refractivity contribution in [2.24, 2.45) is 4.99 Å². The Balaban J connectivity index is 1.62. The number of anilines is 2. The number of hydrogen-bond acceptors (Lipinski definition) is 5. The molecule has 1 fully saturated rings. The SMILES string of the molecule is CC1=CC(O)N(c2ccc(NCCN3CCCCC3)c(F)c2)C(C)=N1. The van der Waals surface area contributed by atoms with Gasteiger partial charge in [0.2, 0.25) is 0 Å². The minimum absolute atomic E-state index is 0.317. The van der Waals surface area contributed by atoms with Gasteiger partial charge in [0.25, 0.3) is 0 Å². The van der Waals surface area contributed by atoms with Crippen molar-refractivity contribution in [2.75, 3.05) is 36.4 Å². The van der Waals surface area contributed by atoms with Crippen molar-refractivity contribution in [3.05, 3.63) is 35.8 Å². The first-order chi connectivity index (χ1) is 12.0. The largest absolute Gasteiger partial charge is 0.381 e. The van der Waals surface area contributed by atoms with Crippen LogP contribution in [-0.2, 0) is 0 Å². The van der Waals surface area contributed by atoms with Crippen molar-refractivity contribution in [1.82, 2.24) is 4.90 Å². The molecule has 1 unspecified atom stereocenters. The fourth-order valence-electron chi connectivity index (χ4n) is 3.50. The summed E-state index contributed by atoms with van der Waals surface area (Å²) in [6.45, 7) is 7.58. The second kappa shape index (κ2) is 7.97. The molecule has 136 valence electrons. The van der Waals surface area contributed by atoms with E-state index in [4.69, 9.17) is 0 Å². The third kappa shape index (κ3) is 4.38. The zero-order chi connectivity index (χ0) is 17.8. The summed E-state index contributed by atoms with van der Waals surface area (Å²) in [6.07, 6.45) is 4.66. The molecule has 1 aromatic carbocycles. The summed E-state index contributed by atoms with van der Waals surface area (Å²) in [5.41, 5.74) is 1.85. The van der Waals surface area contributed by atoms with Crippen LogP contribution in [0.3, 0.4) is 0 Å². The monoisotopic (exact) mass is 346 g/mol. The van der Waals surface area contributed by atoms with E-state index in [-0.39, 0.29) is 5.82 Å². The van der Waals surface area contributed by atoms with Crippen LogP contribution < -0.4 is 10.2 Å². The van der Waals surface area contributed by atoms with E-state index in [1.807, 2.05) is 19.9 Å². The summed E-state index contributed by atoms with van der Waals surface area (Å²) in [7, 11) is 0. The molecule has 0 spiro atoms. The number of hydrogen-bond donors (Lipinski definition) is 2. The molecule has 2 aliphatic rings. The van der Waals surface area contributed by atoms with Crippen LogP contribution in [0.5, 0.6) is 0 Å². The Kier molecular flexibility index (Phi) is 5.71. The van der Waals surface area contributed by atoms with Gasteiger partial charge in [0.1, 0.15) is 11.7 Å². The van der Waals surface area contributed by atoms with Crippen LogP contribution in [-0.4, -0.2) is 48.2 Å². The highest BCUT2D eigenvalue weighted by atomic mass is 19.1. The first-order valence-electron chi connectivity index (χ1n) is 9.01. The molecule has 0 saturated carbocycles. The standard InChI is InChI=1S/C19H27FN4O/c1-14-12-19(25)24(15(2)22-14)16-6-7-18(17(20)13-16)21-8-11-23-9-4-3-5-10-23/h6-7,12-13,19,21,25H,3-5,8-11H2,1-2H3. The van der Waals surface area contributed by atoms with Crippen molar-refractivity contribution in [3.63, 3.8) is 0 Å². The van der Waals surface area contributed by atoms with Crippen LogP contribution in [0.4, 0.5) is 15.8 Å². The highest BCUT2D eigenvalue weighted by Gasteiger charge is 2.22. The number of aliphatic hydroxyl groups excluding tert-OH is 1. The molecule has 0 bridgehead atoms. The molecule has 0 amide bonds. The molecule has 25 heavy (non-hydrogen) atoms. The maximum absolute atomic E-state index is 14.5. The van der Waals surface area contributed by atoms with Crippen molar-refractivity contribution < 1.29 is 9.50 Å². The Labute approximate surface area is 148 Å². The summed E-state index contributed by atoms with van der Waals surface area (Å²) < 4.78 is 14.5. The van der Waals surface area contributed by atoms with Crippen LogP contribution in [0, 0.1) is 5.82 Å². The van der Waals surface area contributed by atoms with E-state index in [2.05, 4.69) is 15.2 Å². The van der Waals surface area contributed by atoms with E-state index in [0.29, 0.717) is 17.2 Å². The third-order valence-corrected chi connectivity index (χ3v) is 4.76. The first kappa shape index (κ1) is 17.9. The Morgan fingerprint density at radius 3 is 2.68 bits per heavy atom. The molecule has 0 aliphatic carbocycles. The number of piperidine rings is 1. The smallest absolute Gasteiger partial charge is 0.153 e. The number of rotatable bonds is 5. The zero-order valence-corrected chi connectivity index (χ0v) is 15.0. The predicted octanol–water partition coefficient (Wildman–Crippen LogP) is 3.18. The highest BCUT2D eigenvalue weighted by molar-refractivity contribution is 5.98. The Hall–Kier alpha value is -1.92. The average molecular weight is 346 g/mol. The summed E-state index contributed by atoms with van der Waals surface area (Å²) in [5, 5.41) is 13.4. The summed E-state index contributed by atoms with van der Waals surface area (Å²) in [6, 6.07) is 4.98. The van der Waals surface area contributed by atoms with Gasteiger partial charge in [0.05, 0.1) is 5.69 Å². The van der Waals surface area contributed by atoms with Gasteiger partial charge in [-0.05, 0) is 64.1 Å². The molecule has 3 rings (SSSR count). The molecule has 0 aromatic heterocycles. The van der Waals surface area contributed by atoms with Gasteiger partial charge in [-0.2, -0.15) is 0 Å². The number of nitrogens with zero attached hydrogens (tertiary/aromatic N) is 3. The van der Waals surface area contributed by atoms with Crippen molar-refractivity contribution in [2.45, 2.75) is 39.3 Å². The van der Waals surface area contributed by atoms with E-state index in [1.165, 1.54) is 25.3 Å². The summed E-state index contributed by atoms with van der Waals surface area (Å²) in [4.78, 5) is 8.38. The lowest BCUT2D eigenvalue weighted by Crippen LogP contribution is -2.40. The Morgan fingerprint density at radius 1 is 1.24 bits per heavy atom. The number of amidine groups is 1. The number of benzene rings is 1. The van der Waals surface area contributed by atoms with E-state index in [0.717, 1.165) is 31.9 Å². The lowest BCUT2D eigenvalue weighted by molar-refractivity contribution is 0.230. The number of allylic oxidation sites excluding steroid dienone is 1. The van der Waals surface area contributed by atoms with Crippen LogP contribution in [0.1, 0.15) is 33.1 Å². The van der Waals surface area contributed by atoms with E-state index in [9.17, 15) is 9.50 Å². The fourth-order valence-corrected chi connectivity index (χ4v) is 3.50. The lowest BCUT2D eigenvalue weighted by Gasteiger charge is -2.31. The number of aliphatic imine (C=N–C) groups is 1. The van der Waals surface area contributed by atoms with E-state index < -0.39 is 6.23 Å². The van der Waals surface area contributed by atoms with E-state index >= 15 is 0 Å². The normalized spacial score (nSPS) is 21.8. The number of likely N-dealkylation sites (tertiary alicyclic amines) is 1. The van der Waals surface area contributed by atoms with Crippen LogP contribution in [0.25, 0.3) is 0 Å². The molecule has 6 heteroatoms. The van der Waals surface area contributed by atoms with Gasteiger partial charge in [0, 0.05) is 24.5 Å². The van der Waals surface area contributed by atoms with Gasteiger partial charge in [-0.25, -0.2) is 9.38 Å². The summed E-state index contributed by atoms with van der Waals surface area (Å²) in [5.74, 6) is 0.333. The third-order valence-electron chi connectivity index (χ3n) is 4.76. The highest BCUT2D eigenvalue weighted by Crippen LogP contribution is 2.26. The first-order valence-corrected chi connectivity index (χ1v) is 9.01. The zero-order valence-electron chi connectivity index (χ0n) is 15.0. The molecule has 1 atom stereocenters. The quantitative estimate of drug-likeness (QED) is 0.860. The molecule has 5 nitrogen and oxygen atoms in total. The molecule has 1 saturated heterocycles. The maximum atomic E-state index is 14.5. The van der Waals surface area contributed by atoms with Gasteiger partial charge in [-0.1, -0.05) is 6.42 Å². The molecule has 2 aliphatic heterocycles. The second-order valence-electron chi connectivity index (χ2n) is 6.74. The average Bonchev–Trinajstić information content (AvgIpc) is 2.57. The molecule has 2 N–H and O–H groups in total. The molecule has 1 aromatic rings. The summed E-state index contributed by atoms with van der Waals surface area (Å²) >= 11 is 0. The molecular weight excluding hydrogens is 319 g/mol. The number of aliphatic hydroxyl groups is 1. The van der Waals surface area contributed by atoms with Crippen LogP contribution >= 0.6 is 0 Å². The number of nitrogens with one attached hydrogen (secondary N) is 1. The van der Waals surface area contributed by atoms with Crippen LogP contribution in [0.2, 0.25) is 0 Å².